The first-order valence-electron chi connectivity index (χ1n) is 9.82. The lowest BCUT2D eigenvalue weighted by molar-refractivity contribution is -0.386. The van der Waals surface area contributed by atoms with E-state index in [4.69, 9.17) is 9.47 Å². The smallest absolute Gasteiger partial charge is 0.310 e. The van der Waals surface area contributed by atoms with Crippen molar-refractivity contribution in [3.05, 3.63) is 85.6 Å². The molecule has 0 radical (unpaired) electrons. The molecule has 0 unspecified atom stereocenters. The van der Waals surface area contributed by atoms with Crippen LogP contribution in [-0.2, 0) is 13.2 Å². The maximum Gasteiger partial charge on any atom is 0.310 e. The number of carbonyl (C=O) groups is 1. The molecule has 166 valence electrons. The van der Waals surface area contributed by atoms with Gasteiger partial charge in [0.2, 0.25) is 5.78 Å². The van der Waals surface area contributed by atoms with Gasteiger partial charge in [-0.15, -0.1) is 0 Å². The van der Waals surface area contributed by atoms with Gasteiger partial charge in [-0.25, -0.2) is 0 Å². The summed E-state index contributed by atoms with van der Waals surface area (Å²) in [5.74, 6) is 0.585. The third-order valence-corrected chi connectivity index (χ3v) is 5.33. The van der Waals surface area contributed by atoms with E-state index in [1.807, 2.05) is 26.0 Å². The van der Waals surface area contributed by atoms with Gasteiger partial charge >= 0.3 is 5.69 Å². The third-order valence-electron chi connectivity index (χ3n) is 4.75. The first-order chi connectivity index (χ1) is 15.3. The van der Waals surface area contributed by atoms with Crippen LogP contribution in [0.3, 0.4) is 0 Å². The molecule has 0 aliphatic carbocycles. The number of nitrogens with zero attached hydrogens (tertiary/aromatic N) is 3. The number of hydrogen-bond acceptors (Lipinski definition) is 6. The van der Waals surface area contributed by atoms with Crippen molar-refractivity contribution in [2.75, 3.05) is 7.11 Å². The lowest BCUT2D eigenvalue weighted by Gasteiger charge is -2.12. The zero-order valence-electron chi connectivity index (χ0n) is 17.9. The van der Waals surface area contributed by atoms with Gasteiger partial charge in [0.15, 0.2) is 5.75 Å². The Labute approximate surface area is 193 Å². The summed E-state index contributed by atoms with van der Waals surface area (Å²) in [5, 5.41) is 15.4. The molecule has 1 aromatic heterocycles. The predicted octanol–water partition coefficient (Wildman–Crippen LogP) is 5.37. The standard InChI is InChI=1S/C23H22BrN3O5/c1-4-26-23(18(24)13-25-26)20(28)9-6-16-7-10-21(31-3)17(12-16)14-32-22-11-15(2)5-8-19(22)27(29)30/h5-13H,4,14H2,1-3H3/b9-6+. The van der Waals surface area contributed by atoms with E-state index in [-0.39, 0.29) is 23.8 Å². The molecule has 3 rings (SSSR count). The maximum atomic E-state index is 12.6. The van der Waals surface area contributed by atoms with E-state index < -0.39 is 4.92 Å². The van der Waals surface area contributed by atoms with Crippen LogP contribution in [0.5, 0.6) is 11.5 Å². The fraction of sp³-hybridized carbons (Fsp3) is 0.217. The van der Waals surface area contributed by atoms with Crippen molar-refractivity contribution < 1.29 is 19.2 Å². The van der Waals surface area contributed by atoms with Gasteiger partial charge in [0.1, 0.15) is 18.1 Å². The summed E-state index contributed by atoms with van der Waals surface area (Å²) in [6.07, 6.45) is 4.77. The highest BCUT2D eigenvalue weighted by molar-refractivity contribution is 9.10. The Balaban J connectivity index is 1.83. The van der Waals surface area contributed by atoms with Crippen molar-refractivity contribution in [2.45, 2.75) is 27.0 Å². The summed E-state index contributed by atoms with van der Waals surface area (Å²) >= 11 is 3.36. The normalized spacial score (nSPS) is 11.0. The molecule has 9 heteroatoms. The molecule has 1 heterocycles. The first kappa shape index (κ1) is 23.2. The number of benzene rings is 2. The number of allylic oxidation sites excluding steroid dienone is 1. The lowest BCUT2D eigenvalue weighted by Crippen LogP contribution is -2.07. The monoisotopic (exact) mass is 499 g/mol. The zero-order valence-corrected chi connectivity index (χ0v) is 19.5. The van der Waals surface area contributed by atoms with Gasteiger partial charge in [-0.05, 0) is 65.2 Å². The van der Waals surface area contributed by atoms with E-state index in [0.29, 0.717) is 28.0 Å². The summed E-state index contributed by atoms with van der Waals surface area (Å²) in [6, 6.07) is 10.1. The Bertz CT molecular complexity index is 1190. The van der Waals surface area contributed by atoms with Crippen molar-refractivity contribution in [2.24, 2.45) is 0 Å². The number of methoxy groups -OCH3 is 1. The number of ether oxygens (including phenoxy) is 2. The Kier molecular flexibility index (Phi) is 7.42. The van der Waals surface area contributed by atoms with E-state index in [9.17, 15) is 14.9 Å². The predicted molar refractivity (Wildman–Crippen MR) is 124 cm³/mol. The second kappa shape index (κ2) is 10.2. The Hall–Kier alpha value is -3.46. The van der Waals surface area contributed by atoms with E-state index >= 15 is 0 Å². The zero-order chi connectivity index (χ0) is 23.3. The second-order valence-electron chi connectivity index (χ2n) is 6.94. The van der Waals surface area contributed by atoms with Gasteiger partial charge in [0.25, 0.3) is 0 Å². The largest absolute Gasteiger partial charge is 0.496 e. The van der Waals surface area contributed by atoms with Crippen LogP contribution >= 0.6 is 15.9 Å². The summed E-state index contributed by atoms with van der Waals surface area (Å²) < 4.78 is 13.4. The molecule has 0 spiro atoms. The second-order valence-corrected chi connectivity index (χ2v) is 7.80. The summed E-state index contributed by atoms with van der Waals surface area (Å²) in [6.45, 7) is 4.39. The van der Waals surface area contributed by atoms with Gasteiger partial charge < -0.3 is 9.47 Å². The number of rotatable bonds is 9. The third kappa shape index (κ3) is 5.23. The van der Waals surface area contributed by atoms with E-state index in [1.54, 1.807) is 35.2 Å². The average molecular weight is 500 g/mol. The molecular weight excluding hydrogens is 478 g/mol. The molecule has 0 N–H and O–H groups in total. The molecule has 0 fully saturated rings. The topological polar surface area (TPSA) is 96.5 Å². The number of nitro benzene ring substituents is 1. The first-order valence-corrected chi connectivity index (χ1v) is 10.6. The Morgan fingerprint density at radius 1 is 1.25 bits per heavy atom. The summed E-state index contributed by atoms with van der Waals surface area (Å²) in [7, 11) is 1.54. The number of aromatic nitrogens is 2. The van der Waals surface area contributed by atoms with Crippen LogP contribution in [0.2, 0.25) is 0 Å². The van der Waals surface area contributed by atoms with E-state index in [0.717, 1.165) is 11.1 Å². The van der Waals surface area contributed by atoms with E-state index in [1.165, 1.54) is 19.3 Å². The molecule has 8 nitrogen and oxygen atoms in total. The average Bonchev–Trinajstić information content (AvgIpc) is 3.16. The van der Waals surface area contributed by atoms with Gasteiger partial charge in [-0.1, -0.05) is 18.2 Å². The highest BCUT2D eigenvalue weighted by Gasteiger charge is 2.16. The highest BCUT2D eigenvalue weighted by atomic mass is 79.9. The fourth-order valence-corrected chi connectivity index (χ4v) is 3.65. The molecule has 32 heavy (non-hydrogen) atoms. The van der Waals surface area contributed by atoms with Gasteiger partial charge in [-0.2, -0.15) is 5.10 Å². The van der Waals surface area contributed by atoms with Gasteiger partial charge in [0.05, 0.1) is 22.7 Å². The molecule has 3 aromatic rings. The van der Waals surface area contributed by atoms with E-state index in [2.05, 4.69) is 21.0 Å². The minimum absolute atomic E-state index is 0.0667. The van der Waals surface area contributed by atoms with Gasteiger partial charge in [-0.3, -0.25) is 19.6 Å². The molecule has 0 saturated carbocycles. The van der Waals surface area contributed by atoms with Crippen molar-refractivity contribution >= 4 is 33.5 Å². The van der Waals surface area contributed by atoms with Crippen molar-refractivity contribution in [3.63, 3.8) is 0 Å². The molecule has 0 atom stereocenters. The number of halogens is 1. The molecule has 0 amide bonds. The molecular formula is C23H22BrN3O5. The summed E-state index contributed by atoms with van der Waals surface area (Å²) in [5.41, 5.74) is 2.68. The van der Waals surface area contributed by atoms with Crippen LogP contribution in [-0.4, -0.2) is 27.6 Å². The minimum atomic E-state index is -0.476. The van der Waals surface area contributed by atoms with Gasteiger partial charge in [0, 0.05) is 18.2 Å². The molecule has 0 bridgehead atoms. The lowest BCUT2D eigenvalue weighted by atomic mass is 10.1. The minimum Gasteiger partial charge on any atom is -0.496 e. The number of carbonyl (C=O) groups excluding carboxylic acids is 1. The Morgan fingerprint density at radius 3 is 2.72 bits per heavy atom. The maximum absolute atomic E-state index is 12.6. The van der Waals surface area contributed by atoms with Crippen molar-refractivity contribution in [1.29, 1.82) is 0 Å². The highest BCUT2D eigenvalue weighted by Crippen LogP contribution is 2.30. The van der Waals surface area contributed by atoms with Crippen LogP contribution in [0.4, 0.5) is 5.69 Å². The van der Waals surface area contributed by atoms with Crippen LogP contribution < -0.4 is 9.47 Å². The number of nitro groups is 1. The van der Waals surface area contributed by atoms with Crippen LogP contribution in [0.15, 0.2) is 53.1 Å². The van der Waals surface area contributed by atoms with Crippen LogP contribution in [0, 0.1) is 17.0 Å². The number of hydrogen-bond donors (Lipinski definition) is 0. The number of ketones is 1. The summed E-state index contributed by atoms with van der Waals surface area (Å²) in [4.78, 5) is 23.5. The Morgan fingerprint density at radius 2 is 2.03 bits per heavy atom. The molecule has 0 saturated heterocycles. The molecule has 2 aromatic carbocycles. The molecule has 0 aliphatic heterocycles. The quantitative estimate of drug-likeness (QED) is 0.170. The SMILES string of the molecule is CCn1ncc(Br)c1C(=O)/C=C/c1ccc(OC)c(COc2cc(C)ccc2[N+](=O)[O-])c1. The van der Waals surface area contributed by atoms with Crippen molar-refractivity contribution in [1.82, 2.24) is 9.78 Å². The molecule has 0 aliphatic rings. The fourth-order valence-electron chi connectivity index (χ4n) is 3.16. The van der Waals surface area contributed by atoms with Crippen LogP contribution in [0.25, 0.3) is 6.08 Å². The van der Waals surface area contributed by atoms with Crippen LogP contribution in [0.1, 0.15) is 34.1 Å². The van der Waals surface area contributed by atoms with Crippen molar-refractivity contribution in [3.8, 4) is 11.5 Å². The number of aryl methyl sites for hydroxylation is 2.